The van der Waals surface area contributed by atoms with Crippen LogP contribution in [0.5, 0.6) is 0 Å². The van der Waals surface area contributed by atoms with Crippen molar-refractivity contribution in [1.82, 2.24) is 9.97 Å². The van der Waals surface area contributed by atoms with E-state index in [1.54, 1.807) is 0 Å². The molecule has 0 aliphatic heterocycles. The molecule has 1 aromatic heterocycles. The summed E-state index contributed by atoms with van der Waals surface area (Å²) in [5.41, 5.74) is 0.193. The van der Waals surface area contributed by atoms with Crippen LogP contribution in [0.4, 0.5) is 5.82 Å². The molecule has 0 spiro atoms. The molecule has 1 fully saturated rings. The number of nitrogens with zero attached hydrogens (tertiary/aromatic N) is 1. The second-order valence-electron chi connectivity index (χ2n) is 5.12. The van der Waals surface area contributed by atoms with Crippen molar-refractivity contribution in [3.8, 4) is 0 Å². The Balaban J connectivity index is 2.02. The Morgan fingerprint density at radius 2 is 2.18 bits per heavy atom. The predicted molar refractivity (Wildman–Crippen MR) is 72.2 cm³/mol. The standard InChI is InChI=1S/C12H18BrN3O/c1-12(5-3-2-4-6-12)7-14-10-9(13)11(17)16-8-15-10/h8H,2-7H2,1H3,(H2,14,15,16,17). The van der Waals surface area contributed by atoms with Crippen LogP contribution in [0.25, 0.3) is 0 Å². The van der Waals surface area contributed by atoms with Gasteiger partial charge in [-0.05, 0) is 34.2 Å². The molecule has 2 rings (SSSR count). The van der Waals surface area contributed by atoms with Gasteiger partial charge in [0.15, 0.2) is 0 Å². The first kappa shape index (κ1) is 12.6. The van der Waals surface area contributed by atoms with Crippen molar-refractivity contribution in [3.63, 3.8) is 0 Å². The molecule has 0 saturated heterocycles. The van der Waals surface area contributed by atoms with Gasteiger partial charge in [-0.2, -0.15) is 0 Å². The fourth-order valence-corrected chi connectivity index (χ4v) is 2.74. The third-order valence-corrected chi connectivity index (χ3v) is 4.28. The molecule has 1 aliphatic rings. The van der Waals surface area contributed by atoms with Gasteiger partial charge in [0.05, 0.1) is 6.33 Å². The van der Waals surface area contributed by atoms with Crippen LogP contribution in [0.15, 0.2) is 15.6 Å². The fourth-order valence-electron chi connectivity index (χ4n) is 2.39. The van der Waals surface area contributed by atoms with Crippen molar-refractivity contribution in [3.05, 3.63) is 21.2 Å². The summed E-state index contributed by atoms with van der Waals surface area (Å²) >= 11 is 3.25. The Bertz CT molecular complexity index is 438. The van der Waals surface area contributed by atoms with Gasteiger partial charge in [-0.25, -0.2) is 4.98 Å². The van der Waals surface area contributed by atoms with Crippen molar-refractivity contribution in [2.75, 3.05) is 11.9 Å². The number of hydrogen-bond donors (Lipinski definition) is 2. The van der Waals surface area contributed by atoms with Crippen LogP contribution < -0.4 is 10.9 Å². The number of H-pyrrole nitrogens is 1. The van der Waals surface area contributed by atoms with E-state index < -0.39 is 0 Å². The number of rotatable bonds is 3. The average molecular weight is 300 g/mol. The lowest BCUT2D eigenvalue weighted by atomic mass is 9.76. The van der Waals surface area contributed by atoms with Crippen LogP contribution in [0.3, 0.4) is 0 Å². The summed E-state index contributed by atoms with van der Waals surface area (Å²) in [5, 5.41) is 3.29. The number of aromatic nitrogens is 2. The van der Waals surface area contributed by atoms with E-state index in [9.17, 15) is 4.79 Å². The molecule has 94 valence electrons. The number of hydrogen-bond acceptors (Lipinski definition) is 3. The lowest BCUT2D eigenvalue weighted by molar-refractivity contribution is 0.233. The maximum atomic E-state index is 11.4. The van der Waals surface area contributed by atoms with Crippen LogP contribution in [0, 0.1) is 5.41 Å². The van der Waals surface area contributed by atoms with Crippen molar-refractivity contribution >= 4 is 21.7 Å². The van der Waals surface area contributed by atoms with Crippen LogP contribution in [0.2, 0.25) is 0 Å². The van der Waals surface area contributed by atoms with Crippen LogP contribution >= 0.6 is 15.9 Å². The number of halogens is 1. The fraction of sp³-hybridized carbons (Fsp3) is 0.667. The minimum absolute atomic E-state index is 0.142. The number of anilines is 1. The molecule has 0 bridgehead atoms. The highest BCUT2D eigenvalue weighted by molar-refractivity contribution is 9.10. The van der Waals surface area contributed by atoms with Gasteiger partial charge in [-0.1, -0.05) is 26.2 Å². The third kappa shape index (κ3) is 3.09. The predicted octanol–water partition coefficient (Wildman–Crippen LogP) is 2.91. The summed E-state index contributed by atoms with van der Waals surface area (Å²) in [7, 11) is 0. The van der Waals surface area contributed by atoms with E-state index in [4.69, 9.17) is 0 Å². The van der Waals surface area contributed by atoms with Gasteiger partial charge in [0.2, 0.25) is 0 Å². The average Bonchev–Trinajstić information content (AvgIpc) is 2.32. The zero-order valence-corrected chi connectivity index (χ0v) is 11.6. The van der Waals surface area contributed by atoms with Gasteiger partial charge in [0.25, 0.3) is 5.56 Å². The lowest BCUT2D eigenvalue weighted by Gasteiger charge is -2.33. The van der Waals surface area contributed by atoms with Crippen LogP contribution in [-0.4, -0.2) is 16.5 Å². The van der Waals surface area contributed by atoms with E-state index in [-0.39, 0.29) is 5.56 Å². The molecule has 1 saturated carbocycles. The van der Waals surface area contributed by atoms with E-state index in [0.29, 0.717) is 15.7 Å². The lowest BCUT2D eigenvalue weighted by Crippen LogP contribution is -2.29. The van der Waals surface area contributed by atoms with E-state index in [2.05, 4.69) is 38.1 Å². The first-order valence-corrected chi connectivity index (χ1v) is 6.87. The molecule has 5 heteroatoms. The molecule has 0 radical (unpaired) electrons. The Kier molecular flexibility index (Phi) is 3.86. The Morgan fingerprint density at radius 3 is 2.88 bits per heavy atom. The van der Waals surface area contributed by atoms with Crippen molar-refractivity contribution in [1.29, 1.82) is 0 Å². The summed E-state index contributed by atoms with van der Waals surface area (Å²) in [6.45, 7) is 3.18. The quantitative estimate of drug-likeness (QED) is 0.902. The molecule has 0 amide bonds. The normalized spacial score (nSPS) is 18.9. The molecule has 2 N–H and O–H groups in total. The third-order valence-electron chi connectivity index (χ3n) is 3.54. The molecule has 1 heterocycles. The summed E-state index contributed by atoms with van der Waals surface area (Å²) in [5.74, 6) is 0.639. The molecule has 0 unspecified atom stereocenters. The molecular weight excluding hydrogens is 282 g/mol. The SMILES string of the molecule is CC1(CNc2nc[nH]c(=O)c2Br)CCCCC1. The zero-order valence-electron chi connectivity index (χ0n) is 10.1. The highest BCUT2D eigenvalue weighted by Crippen LogP contribution is 2.35. The Hall–Kier alpha value is -0.840. The second-order valence-corrected chi connectivity index (χ2v) is 5.91. The number of nitrogens with one attached hydrogen (secondary N) is 2. The Labute approximate surface area is 109 Å². The zero-order chi connectivity index (χ0) is 12.3. The summed E-state index contributed by atoms with van der Waals surface area (Å²) in [6.07, 6.45) is 7.90. The first-order chi connectivity index (χ1) is 8.11. The van der Waals surface area contributed by atoms with Crippen molar-refractivity contribution < 1.29 is 0 Å². The highest BCUT2D eigenvalue weighted by atomic mass is 79.9. The Morgan fingerprint density at radius 1 is 1.47 bits per heavy atom. The van der Waals surface area contributed by atoms with Gasteiger partial charge in [-0.15, -0.1) is 0 Å². The molecule has 1 aliphatic carbocycles. The minimum Gasteiger partial charge on any atom is -0.368 e. The highest BCUT2D eigenvalue weighted by Gasteiger charge is 2.26. The molecule has 0 atom stereocenters. The first-order valence-electron chi connectivity index (χ1n) is 6.08. The topological polar surface area (TPSA) is 57.8 Å². The van der Waals surface area contributed by atoms with E-state index >= 15 is 0 Å². The van der Waals surface area contributed by atoms with Gasteiger partial charge in [0.1, 0.15) is 10.3 Å². The summed E-state index contributed by atoms with van der Waals surface area (Å²) < 4.78 is 0.486. The van der Waals surface area contributed by atoms with Gasteiger partial charge in [0, 0.05) is 6.54 Å². The van der Waals surface area contributed by atoms with E-state index in [1.807, 2.05) is 0 Å². The minimum atomic E-state index is -0.142. The maximum Gasteiger partial charge on any atom is 0.267 e. The van der Waals surface area contributed by atoms with Crippen molar-refractivity contribution in [2.24, 2.45) is 5.41 Å². The largest absolute Gasteiger partial charge is 0.368 e. The summed E-state index contributed by atoms with van der Waals surface area (Å²) in [6, 6.07) is 0. The molecule has 1 aromatic rings. The van der Waals surface area contributed by atoms with Crippen LogP contribution in [-0.2, 0) is 0 Å². The van der Waals surface area contributed by atoms with Crippen molar-refractivity contribution in [2.45, 2.75) is 39.0 Å². The smallest absolute Gasteiger partial charge is 0.267 e. The van der Waals surface area contributed by atoms with Gasteiger partial charge in [-0.3, -0.25) is 4.79 Å². The number of aromatic amines is 1. The molecule has 0 aromatic carbocycles. The summed E-state index contributed by atoms with van der Waals surface area (Å²) in [4.78, 5) is 18.1. The molecule has 4 nitrogen and oxygen atoms in total. The second kappa shape index (κ2) is 5.21. The maximum absolute atomic E-state index is 11.4. The van der Waals surface area contributed by atoms with E-state index in [0.717, 1.165) is 6.54 Å². The van der Waals surface area contributed by atoms with Gasteiger partial charge >= 0.3 is 0 Å². The van der Waals surface area contributed by atoms with E-state index in [1.165, 1.54) is 38.4 Å². The molecular formula is C12H18BrN3O. The molecule has 17 heavy (non-hydrogen) atoms. The monoisotopic (exact) mass is 299 g/mol. The van der Waals surface area contributed by atoms with Crippen LogP contribution in [0.1, 0.15) is 39.0 Å². The van der Waals surface area contributed by atoms with Gasteiger partial charge < -0.3 is 10.3 Å².